The molecule has 2 aromatic rings. The Kier molecular flexibility index (Phi) is 6.78. The van der Waals surface area contributed by atoms with Gasteiger partial charge in [-0.2, -0.15) is 0 Å². The lowest BCUT2D eigenvalue weighted by Gasteiger charge is -2.15. The molecule has 0 amide bonds. The Balaban J connectivity index is 1.41. The molecule has 0 spiro atoms. The molecule has 1 aliphatic rings. The van der Waals surface area contributed by atoms with Crippen molar-refractivity contribution in [3.05, 3.63) is 63.6 Å². The standard InChI is InChI=1S/C21H21Cl2NO3/c1-24(10-8-16-4-7-20-21(13-16)27-14-26-20)11-9-17(25)5-2-15-3-6-18(22)19(23)12-15/h2-7,12-13H,8-11,14H2,1H3. The van der Waals surface area contributed by atoms with Crippen LogP contribution < -0.4 is 9.47 Å². The van der Waals surface area contributed by atoms with Gasteiger partial charge in [-0.25, -0.2) is 0 Å². The van der Waals surface area contributed by atoms with Gasteiger partial charge in [0.15, 0.2) is 17.3 Å². The Morgan fingerprint density at radius 3 is 2.70 bits per heavy atom. The van der Waals surface area contributed by atoms with Gasteiger partial charge in [0.1, 0.15) is 0 Å². The molecule has 0 aromatic heterocycles. The van der Waals surface area contributed by atoms with Crippen molar-refractivity contribution in [1.29, 1.82) is 0 Å². The topological polar surface area (TPSA) is 38.8 Å². The molecule has 0 bridgehead atoms. The second kappa shape index (κ2) is 9.27. The SMILES string of the molecule is CN(CCC(=O)C=Cc1ccc(Cl)c(Cl)c1)CCc1ccc2c(c1)OCO2. The van der Waals surface area contributed by atoms with Gasteiger partial charge < -0.3 is 14.4 Å². The highest BCUT2D eigenvalue weighted by atomic mass is 35.5. The van der Waals surface area contributed by atoms with Crippen molar-refractivity contribution >= 4 is 35.1 Å². The molecule has 0 aliphatic carbocycles. The van der Waals surface area contributed by atoms with Crippen molar-refractivity contribution in [3.8, 4) is 11.5 Å². The summed E-state index contributed by atoms with van der Waals surface area (Å²) < 4.78 is 10.7. The lowest BCUT2D eigenvalue weighted by molar-refractivity contribution is -0.114. The molecule has 2 aromatic carbocycles. The number of halogens is 2. The highest BCUT2D eigenvalue weighted by Crippen LogP contribution is 2.32. The number of likely N-dealkylation sites (N-methyl/N-ethyl adjacent to an activating group) is 1. The van der Waals surface area contributed by atoms with Crippen LogP contribution in [-0.2, 0) is 11.2 Å². The normalized spacial score (nSPS) is 12.9. The van der Waals surface area contributed by atoms with E-state index in [2.05, 4.69) is 4.90 Å². The second-order valence-electron chi connectivity index (χ2n) is 6.46. The molecule has 3 rings (SSSR count). The maximum Gasteiger partial charge on any atom is 0.231 e. The van der Waals surface area contributed by atoms with Crippen molar-refractivity contribution in [1.82, 2.24) is 4.90 Å². The predicted octanol–water partition coefficient (Wildman–Crippen LogP) is 4.87. The summed E-state index contributed by atoms with van der Waals surface area (Å²) in [6.07, 6.45) is 4.71. The zero-order chi connectivity index (χ0) is 19.2. The monoisotopic (exact) mass is 405 g/mol. The van der Waals surface area contributed by atoms with Gasteiger partial charge in [0.2, 0.25) is 6.79 Å². The molecule has 142 valence electrons. The largest absolute Gasteiger partial charge is 0.454 e. The van der Waals surface area contributed by atoms with Crippen LogP contribution in [0, 0.1) is 0 Å². The summed E-state index contributed by atoms with van der Waals surface area (Å²) in [6.45, 7) is 1.86. The fraction of sp³-hybridized carbons (Fsp3) is 0.286. The molecule has 0 N–H and O–H groups in total. The van der Waals surface area contributed by atoms with E-state index < -0.39 is 0 Å². The molecule has 0 unspecified atom stereocenters. The molecule has 4 nitrogen and oxygen atoms in total. The maximum atomic E-state index is 12.1. The molecule has 0 atom stereocenters. The zero-order valence-electron chi connectivity index (χ0n) is 15.1. The van der Waals surface area contributed by atoms with Crippen LogP contribution in [0.5, 0.6) is 11.5 Å². The molecule has 0 saturated heterocycles. The first kappa shape index (κ1) is 19.7. The van der Waals surface area contributed by atoms with E-state index in [1.165, 1.54) is 5.56 Å². The van der Waals surface area contributed by atoms with Gasteiger partial charge in [-0.05, 0) is 54.9 Å². The van der Waals surface area contributed by atoms with Gasteiger partial charge in [0.05, 0.1) is 10.0 Å². The van der Waals surface area contributed by atoms with Crippen LogP contribution in [0.3, 0.4) is 0 Å². The van der Waals surface area contributed by atoms with E-state index in [9.17, 15) is 4.79 Å². The van der Waals surface area contributed by atoms with E-state index >= 15 is 0 Å². The van der Waals surface area contributed by atoms with Crippen molar-refractivity contribution in [2.75, 3.05) is 26.9 Å². The number of fused-ring (bicyclic) bond motifs is 1. The summed E-state index contributed by atoms with van der Waals surface area (Å²) >= 11 is 11.9. The quantitative estimate of drug-likeness (QED) is 0.587. The molecule has 6 heteroatoms. The van der Waals surface area contributed by atoms with E-state index in [-0.39, 0.29) is 12.6 Å². The molecule has 0 saturated carbocycles. The van der Waals surface area contributed by atoms with Crippen molar-refractivity contribution in [3.63, 3.8) is 0 Å². The van der Waals surface area contributed by atoms with Gasteiger partial charge in [0.25, 0.3) is 0 Å². The summed E-state index contributed by atoms with van der Waals surface area (Å²) in [5.41, 5.74) is 2.05. The van der Waals surface area contributed by atoms with Crippen LogP contribution in [0.2, 0.25) is 10.0 Å². The Hall–Kier alpha value is -2.01. The number of allylic oxidation sites excluding steroid dienone is 1. The summed E-state index contributed by atoms with van der Waals surface area (Å²) in [4.78, 5) is 14.2. The molecule has 1 aliphatic heterocycles. The molecule has 27 heavy (non-hydrogen) atoms. The van der Waals surface area contributed by atoms with Crippen molar-refractivity contribution in [2.45, 2.75) is 12.8 Å². The highest BCUT2D eigenvalue weighted by molar-refractivity contribution is 6.42. The van der Waals surface area contributed by atoms with Gasteiger partial charge in [-0.1, -0.05) is 41.4 Å². The lowest BCUT2D eigenvalue weighted by atomic mass is 10.1. The maximum absolute atomic E-state index is 12.1. The number of ketones is 1. The van der Waals surface area contributed by atoms with E-state index in [1.807, 2.05) is 31.3 Å². The van der Waals surface area contributed by atoms with Crippen LogP contribution >= 0.6 is 23.2 Å². The van der Waals surface area contributed by atoms with E-state index in [0.717, 1.165) is 30.0 Å². The van der Waals surface area contributed by atoms with Crippen molar-refractivity contribution in [2.24, 2.45) is 0 Å². The minimum absolute atomic E-state index is 0.0796. The third-order valence-electron chi connectivity index (χ3n) is 4.36. The summed E-state index contributed by atoms with van der Waals surface area (Å²) in [6, 6.07) is 11.3. The average Bonchev–Trinajstić information content (AvgIpc) is 3.13. The summed E-state index contributed by atoms with van der Waals surface area (Å²) in [5.74, 6) is 1.68. The van der Waals surface area contributed by atoms with Gasteiger partial charge in [-0.15, -0.1) is 0 Å². The number of benzene rings is 2. The van der Waals surface area contributed by atoms with Crippen LogP contribution in [0.1, 0.15) is 17.5 Å². The van der Waals surface area contributed by atoms with Crippen molar-refractivity contribution < 1.29 is 14.3 Å². The smallest absolute Gasteiger partial charge is 0.231 e. The van der Waals surface area contributed by atoms with Crippen LogP contribution in [0.4, 0.5) is 0 Å². The van der Waals surface area contributed by atoms with Gasteiger partial charge >= 0.3 is 0 Å². The zero-order valence-corrected chi connectivity index (χ0v) is 16.6. The van der Waals surface area contributed by atoms with E-state index in [4.69, 9.17) is 32.7 Å². The lowest BCUT2D eigenvalue weighted by Crippen LogP contribution is -2.24. The first-order valence-electron chi connectivity index (χ1n) is 8.74. The third kappa shape index (κ3) is 5.73. The number of carbonyl (C=O) groups is 1. The fourth-order valence-electron chi connectivity index (χ4n) is 2.72. The average molecular weight is 406 g/mol. The molecule has 0 fully saturated rings. The highest BCUT2D eigenvalue weighted by Gasteiger charge is 2.13. The minimum Gasteiger partial charge on any atom is -0.454 e. The second-order valence-corrected chi connectivity index (χ2v) is 7.28. The van der Waals surface area contributed by atoms with E-state index in [1.54, 1.807) is 24.3 Å². The minimum atomic E-state index is 0.0796. The number of hydrogen-bond donors (Lipinski definition) is 0. The third-order valence-corrected chi connectivity index (χ3v) is 5.10. The Bertz CT molecular complexity index is 851. The molecule has 1 heterocycles. The van der Waals surface area contributed by atoms with Crippen LogP contribution in [-0.4, -0.2) is 37.6 Å². The van der Waals surface area contributed by atoms with Gasteiger partial charge in [-0.3, -0.25) is 4.79 Å². The van der Waals surface area contributed by atoms with Crippen LogP contribution in [0.15, 0.2) is 42.5 Å². The number of rotatable bonds is 8. The fourth-order valence-corrected chi connectivity index (χ4v) is 3.02. The first-order chi connectivity index (χ1) is 13.0. The van der Waals surface area contributed by atoms with E-state index in [0.29, 0.717) is 23.0 Å². The number of carbonyl (C=O) groups excluding carboxylic acids is 1. The van der Waals surface area contributed by atoms with Crippen LogP contribution in [0.25, 0.3) is 6.08 Å². The first-order valence-corrected chi connectivity index (χ1v) is 9.50. The molecule has 0 radical (unpaired) electrons. The molecular weight excluding hydrogens is 385 g/mol. The number of hydrogen-bond acceptors (Lipinski definition) is 4. The summed E-state index contributed by atoms with van der Waals surface area (Å²) in [5, 5.41) is 0.985. The Morgan fingerprint density at radius 2 is 1.89 bits per heavy atom. The number of nitrogens with zero attached hydrogens (tertiary/aromatic N) is 1. The summed E-state index contributed by atoms with van der Waals surface area (Å²) in [7, 11) is 2.02. The molecular formula is C21H21Cl2NO3. The number of ether oxygens (including phenoxy) is 2. The Labute approximate surface area is 169 Å². The van der Waals surface area contributed by atoms with Gasteiger partial charge in [0, 0.05) is 19.5 Å². The predicted molar refractivity (Wildman–Crippen MR) is 109 cm³/mol. The Morgan fingerprint density at radius 1 is 1.07 bits per heavy atom.